The summed E-state index contributed by atoms with van der Waals surface area (Å²) in [5, 5.41) is 8.85. The van der Waals surface area contributed by atoms with Gasteiger partial charge >= 0.3 is 5.97 Å². The summed E-state index contributed by atoms with van der Waals surface area (Å²) >= 11 is 0. The van der Waals surface area contributed by atoms with E-state index in [4.69, 9.17) is 9.84 Å². The van der Waals surface area contributed by atoms with E-state index in [-0.39, 0.29) is 11.3 Å². The van der Waals surface area contributed by atoms with E-state index in [1.165, 1.54) is 13.2 Å². The van der Waals surface area contributed by atoms with Crippen LogP contribution in [0.15, 0.2) is 18.2 Å². The van der Waals surface area contributed by atoms with Crippen LogP contribution in [0.4, 0.5) is 0 Å². The molecule has 4 heteroatoms. The minimum absolute atomic E-state index is 0.0233. The number of para-hydroxylation sites is 1. The van der Waals surface area contributed by atoms with Crippen molar-refractivity contribution in [2.24, 2.45) is 0 Å². The van der Waals surface area contributed by atoms with Crippen molar-refractivity contribution in [3.05, 3.63) is 29.3 Å². The van der Waals surface area contributed by atoms with Crippen LogP contribution in [0, 0.1) is 11.8 Å². The molecule has 1 aromatic carbocycles. The lowest BCUT2D eigenvalue weighted by Crippen LogP contribution is -2.01. The van der Waals surface area contributed by atoms with Gasteiger partial charge in [0.25, 0.3) is 0 Å². The second-order valence-electron chi connectivity index (χ2n) is 2.58. The highest BCUT2D eigenvalue weighted by Gasteiger charge is 2.12. The van der Waals surface area contributed by atoms with Gasteiger partial charge in [0.2, 0.25) is 0 Å². The molecule has 0 heterocycles. The van der Waals surface area contributed by atoms with Crippen LogP contribution in [0.3, 0.4) is 0 Å². The summed E-state index contributed by atoms with van der Waals surface area (Å²) in [4.78, 5) is 20.9. The molecule has 0 amide bonds. The van der Waals surface area contributed by atoms with Crippen molar-refractivity contribution in [2.45, 2.75) is 0 Å². The van der Waals surface area contributed by atoms with E-state index in [1.54, 1.807) is 12.1 Å². The second-order valence-corrected chi connectivity index (χ2v) is 2.58. The van der Waals surface area contributed by atoms with E-state index >= 15 is 0 Å². The molecule has 76 valence electrons. The Morgan fingerprint density at radius 3 is 2.80 bits per heavy atom. The topological polar surface area (TPSA) is 63.6 Å². The van der Waals surface area contributed by atoms with Crippen molar-refractivity contribution in [1.82, 2.24) is 0 Å². The van der Waals surface area contributed by atoms with Crippen LogP contribution in [0.2, 0.25) is 0 Å². The van der Waals surface area contributed by atoms with Crippen LogP contribution in [-0.2, 0) is 4.79 Å². The first-order chi connectivity index (χ1) is 7.20. The van der Waals surface area contributed by atoms with Crippen LogP contribution < -0.4 is 4.74 Å². The Kier molecular flexibility index (Phi) is 3.47. The molecular weight excluding hydrogens is 196 g/mol. The van der Waals surface area contributed by atoms with Crippen molar-refractivity contribution in [3.63, 3.8) is 0 Å². The maximum atomic E-state index is 10.8. The number of hydrogen-bond donors (Lipinski definition) is 1. The Morgan fingerprint density at radius 1 is 1.53 bits per heavy atom. The molecule has 0 unspecified atom stereocenters. The Hall–Kier alpha value is -2.28. The largest absolute Gasteiger partial charge is 0.495 e. The Morgan fingerprint density at radius 2 is 2.27 bits per heavy atom. The van der Waals surface area contributed by atoms with Crippen LogP contribution >= 0.6 is 0 Å². The molecule has 0 aliphatic heterocycles. The lowest BCUT2D eigenvalue weighted by Gasteiger charge is -2.06. The van der Waals surface area contributed by atoms with Gasteiger partial charge in [-0.3, -0.25) is 4.79 Å². The molecule has 0 aliphatic carbocycles. The minimum Gasteiger partial charge on any atom is -0.495 e. The molecule has 0 saturated carbocycles. The number of ether oxygens (including phenoxy) is 1. The smallest absolute Gasteiger partial charge is 0.339 e. The Bertz CT molecular complexity index is 451. The number of benzene rings is 1. The number of aldehydes is 1. The fourth-order valence-corrected chi connectivity index (χ4v) is 1.13. The minimum atomic E-state index is -1.10. The molecule has 1 N–H and O–H groups in total. The normalized spacial score (nSPS) is 8.60. The number of rotatable bonds is 2. The summed E-state index contributed by atoms with van der Waals surface area (Å²) in [5.41, 5.74) is 0.402. The van der Waals surface area contributed by atoms with E-state index in [1.807, 2.05) is 0 Å². The van der Waals surface area contributed by atoms with Crippen molar-refractivity contribution < 1.29 is 19.4 Å². The molecule has 0 radical (unpaired) electrons. The summed E-state index contributed by atoms with van der Waals surface area (Å²) in [6.45, 7) is 0. The van der Waals surface area contributed by atoms with E-state index < -0.39 is 5.97 Å². The van der Waals surface area contributed by atoms with Gasteiger partial charge in [-0.05, 0) is 18.1 Å². The highest BCUT2D eigenvalue weighted by Crippen LogP contribution is 2.22. The van der Waals surface area contributed by atoms with Crippen molar-refractivity contribution in [2.75, 3.05) is 7.11 Å². The van der Waals surface area contributed by atoms with Gasteiger partial charge < -0.3 is 9.84 Å². The van der Waals surface area contributed by atoms with Crippen LogP contribution in [-0.4, -0.2) is 24.5 Å². The SMILES string of the molecule is COc1c(C#CC=O)cccc1C(=O)O. The van der Waals surface area contributed by atoms with Gasteiger partial charge in [0.1, 0.15) is 11.3 Å². The first kappa shape index (κ1) is 10.8. The third-order valence-electron chi connectivity index (χ3n) is 1.72. The number of carbonyl (C=O) groups is 2. The fourth-order valence-electron chi connectivity index (χ4n) is 1.13. The molecular formula is C11H8O4. The molecule has 0 spiro atoms. The predicted octanol–water partition coefficient (Wildman–Crippen LogP) is 0.944. The molecule has 0 bridgehead atoms. The summed E-state index contributed by atoms with van der Waals surface area (Å²) in [6.07, 6.45) is 0.437. The first-order valence-electron chi connectivity index (χ1n) is 4.06. The van der Waals surface area contributed by atoms with Gasteiger partial charge in [0, 0.05) is 0 Å². The zero-order valence-electron chi connectivity index (χ0n) is 7.98. The van der Waals surface area contributed by atoms with Gasteiger partial charge in [0.05, 0.1) is 12.7 Å². The van der Waals surface area contributed by atoms with Gasteiger partial charge in [0.15, 0.2) is 6.29 Å². The number of methoxy groups -OCH3 is 1. The highest BCUT2D eigenvalue weighted by atomic mass is 16.5. The number of hydrogen-bond acceptors (Lipinski definition) is 3. The molecule has 0 atom stereocenters. The third kappa shape index (κ3) is 2.35. The van der Waals surface area contributed by atoms with Crippen molar-refractivity contribution in [1.29, 1.82) is 0 Å². The van der Waals surface area contributed by atoms with E-state index in [2.05, 4.69) is 11.8 Å². The Labute approximate surface area is 86.5 Å². The van der Waals surface area contributed by atoms with Crippen molar-refractivity contribution >= 4 is 12.3 Å². The standard InChI is InChI=1S/C11H8O4/c1-15-10-8(5-3-7-12)4-2-6-9(10)11(13)14/h2,4,6-7H,1H3,(H,13,14). The maximum Gasteiger partial charge on any atom is 0.339 e. The highest BCUT2D eigenvalue weighted by molar-refractivity contribution is 5.92. The third-order valence-corrected chi connectivity index (χ3v) is 1.72. The van der Waals surface area contributed by atoms with Gasteiger partial charge in [-0.2, -0.15) is 0 Å². The molecule has 4 nitrogen and oxygen atoms in total. The lowest BCUT2D eigenvalue weighted by atomic mass is 10.1. The van der Waals surface area contributed by atoms with E-state index in [0.29, 0.717) is 11.8 Å². The molecule has 15 heavy (non-hydrogen) atoms. The van der Waals surface area contributed by atoms with Crippen LogP contribution in [0.1, 0.15) is 15.9 Å². The molecule has 0 fully saturated rings. The quantitative estimate of drug-likeness (QED) is 0.575. The molecule has 0 saturated heterocycles. The average Bonchev–Trinajstić information content (AvgIpc) is 2.25. The van der Waals surface area contributed by atoms with E-state index in [0.717, 1.165) is 0 Å². The second kappa shape index (κ2) is 4.82. The van der Waals surface area contributed by atoms with Crippen LogP contribution in [0.5, 0.6) is 5.75 Å². The van der Waals surface area contributed by atoms with Crippen LogP contribution in [0.25, 0.3) is 0 Å². The summed E-state index contributed by atoms with van der Waals surface area (Å²) in [7, 11) is 1.36. The Balaban J connectivity index is 3.34. The monoisotopic (exact) mass is 204 g/mol. The number of aromatic carboxylic acids is 1. The lowest BCUT2D eigenvalue weighted by molar-refractivity contribution is -0.103. The first-order valence-corrected chi connectivity index (χ1v) is 4.06. The average molecular weight is 204 g/mol. The van der Waals surface area contributed by atoms with Gasteiger partial charge in [-0.15, -0.1) is 0 Å². The fraction of sp³-hybridized carbons (Fsp3) is 0.0909. The summed E-state index contributed by atoms with van der Waals surface area (Å²) in [5.74, 6) is 3.77. The van der Waals surface area contributed by atoms with E-state index in [9.17, 15) is 9.59 Å². The summed E-state index contributed by atoms with van der Waals surface area (Å²) in [6, 6.07) is 4.54. The molecule has 1 rings (SSSR count). The van der Waals surface area contributed by atoms with Crippen molar-refractivity contribution in [3.8, 4) is 17.6 Å². The van der Waals surface area contributed by atoms with Gasteiger partial charge in [-0.25, -0.2) is 4.79 Å². The number of carboxylic acid groups (broad SMARTS) is 1. The molecule has 0 aromatic heterocycles. The zero-order valence-corrected chi connectivity index (χ0v) is 7.98. The molecule has 1 aromatic rings. The number of carboxylic acids is 1. The molecule has 0 aliphatic rings. The number of carbonyl (C=O) groups excluding carboxylic acids is 1. The zero-order chi connectivity index (χ0) is 11.3. The van der Waals surface area contributed by atoms with Gasteiger partial charge in [-0.1, -0.05) is 12.0 Å². The summed E-state index contributed by atoms with van der Waals surface area (Å²) < 4.78 is 4.94. The maximum absolute atomic E-state index is 10.8. The predicted molar refractivity (Wildman–Crippen MR) is 52.9 cm³/mol.